The van der Waals surface area contributed by atoms with Crippen LogP contribution >= 0.6 is 0 Å². The van der Waals surface area contributed by atoms with E-state index in [0.717, 1.165) is 5.56 Å². The van der Waals surface area contributed by atoms with Gasteiger partial charge in [-0.2, -0.15) is 0 Å². The van der Waals surface area contributed by atoms with Gasteiger partial charge >= 0.3 is 5.97 Å². The van der Waals surface area contributed by atoms with Crippen molar-refractivity contribution in [2.75, 3.05) is 0 Å². The van der Waals surface area contributed by atoms with Gasteiger partial charge in [-0.1, -0.05) is 60.2 Å². The molecule has 0 aliphatic heterocycles. The predicted octanol–water partition coefficient (Wildman–Crippen LogP) is 4.77. The SMILES string of the molecule is Cc1ccc(CCC(C)(C(=O)OC(C)C)C(=O)c2ccccc2)cc1. The average molecular weight is 338 g/mol. The summed E-state index contributed by atoms with van der Waals surface area (Å²) in [5.41, 5.74) is 1.63. The molecule has 0 fully saturated rings. The van der Waals surface area contributed by atoms with Crippen molar-refractivity contribution in [3.63, 3.8) is 0 Å². The van der Waals surface area contributed by atoms with Crippen LogP contribution in [0.5, 0.6) is 0 Å². The number of carbonyl (C=O) groups is 2. The van der Waals surface area contributed by atoms with Gasteiger partial charge < -0.3 is 4.74 Å². The Morgan fingerprint density at radius 2 is 1.60 bits per heavy atom. The van der Waals surface area contributed by atoms with E-state index in [1.807, 2.05) is 37.3 Å². The van der Waals surface area contributed by atoms with Gasteiger partial charge in [0.15, 0.2) is 5.78 Å². The molecule has 1 unspecified atom stereocenters. The maximum atomic E-state index is 13.1. The Hall–Kier alpha value is -2.42. The highest BCUT2D eigenvalue weighted by Crippen LogP contribution is 2.31. The molecule has 0 saturated heterocycles. The van der Waals surface area contributed by atoms with Crippen LogP contribution in [-0.4, -0.2) is 17.9 Å². The van der Waals surface area contributed by atoms with Crippen LogP contribution in [0.25, 0.3) is 0 Å². The third kappa shape index (κ3) is 4.79. The van der Waals surface area contributed by atoms with E-state index in [2.05, 4.69) is 0 Å². The number of rotatable bonds is 7. The summed E-state index contributed by atoms with van der Waals surface area (Å²) < 4.78 is 5.41. The van der Waals surface area contributed by atoms with Crippen molar-refractivity contribution in [1.29, 1.82) is 0 Å². The number of hydrogen-bond donors (Lipinski definition) is 0. The molecule has 0 radical (unpaired) electrons. The predicted molar refractivity (Wildman–Crippen MR) is 99.6 cm³/mol. The first kappa shape index (κ1) is 18.9. The lowest BCUT2D eigenvalue weighted by molar-refractivity contribution is -0.156. The number of hydrogen-bond acceptors (Lipinski definition) is 3. The highest BCUT2D eigenvalue weighted by molar-refractivity contribution is 6.12. The average Bonchev–Trinajstić information content (AvgIpc) is 2.60. The van der Waals surface area contributed by atoms with Crippen LogP contribution in [0.2, 0.25) is 0 Å². The molecule has 0 heterocycles. The number of esters is 1. The molecular formula is C22H26O3. The summed E-state index contributed by atoms with van der Waals surface area (Å²) in [7, 11) is 0. The number of Topliss-reactive ketones (excluding diaryl/α,β-unsaturated/α-hetero) is 1. The van der Waals surface area contributed by atoms with Gasteiger partial charge in [-0.3, -0.25) is 9.59 Å². The molecule has 25 heavy (non-hydrogen) atoms. The van der Waals surface area contributed by atoms with Crippen molar-refractivity contribution in [3.05, 3.63) is 71.3 Å². The number of ether oxygens (including phenoxy) is 1. The van der Waals surface area contributed by atoms with Crippen LogP contribution in [0.15, 0.2) is 54.6 Å². The van der Waals surface area contributed by atoms with Crippen molar-refractivity contribution >= 4 is 11.8 Å². The summed E-state index contributed by atoms with van der Waals surface area (Å²) in [6, 6.07) is 17.1. The lowest BCUT2D eigenvalue weighted by Crippen LogP contribution is -2.39. The van der Waals surface area contributed by atoms with Gasteiger partial charge in [-0.25, -0.2) is 0 Å². The monoisotopic (exact) mass is 338 g/mol. The molecular weight excluding hydrogens is 312 g/mol. The van der Waals surface area contributed by atoms with Crippen molar-refractivity contribution in [1.82, 2.24) is 0 Å². The second-order valence-corrected chi connectivity index (χ2v) is 6.97. The largest absolute Gasteiger partial charge is 0.462 e. The Kier molecular flexibility index (Phi) is 6.13. The first-order valence-corrected chi connectivity index (χ1v) is 8.69. The highest BCUT2D eigenvalue weighted by Gasteiger charge is 2.42. The lowest BCUT2D eigenvalue weighted by atomic mass is 9.77. The molecule has 0 aliphatic carbocycles. The standard InChI is InChI=1S/C22H26O3/c1-16(2)25-21(24)22(4,20(23)19-8-6-5-7-9-19)15-14-18-12-10-17(3)11-13-18/h5-13,16H,14-15H2,1-4H3. The van der Waals surface area contributed by atoms with E-state index >= 15 is 0 Å². The topological polar surface area (TPSA) is 43.4 Å². The van der Waals surface area contributed by atoms with Gasteiger partial charge in [-0.15, -0.1) is 0 Å². The molecule has 2 aromatic rings. The molecule has 2 aromatic carbocycles. The summed E-state index contributed by atoms with van der Waals surface area (Å²) in [4.78, 5) is 25.8. The van der Waals surface area contributed by atoms with Gasteiger partial charge in [0.2, 0.25) is 0 Å². The summed E-state index contributed by atoms with van der Waals surface area (Å²) in [5.74, 6) is -0.644. The van der Waals surface area contributed by atoms with E-state index in [4.69, 9.17) is 4.74 Å². The summed E-state index contributed by atoms with van der Waals surface area (Å²) in [5, 5.41) is 0. The molecule has 0 bridgehead atoms. The van der Waals surface area contributed by atoms with E-state index in [1.54, 1.807) is 45.0 Å². The normalized spacial score (nSPS) is 13.3. The first-order chi connectivity index (χ1) is 11.8. The summed E-state index contributed by atoms with van der Waals surface area (Å²) in [6.07, 6.45) is 0.799. The summed E-state index contributed by atoms with van der Waals surface area (Å²) >= 11 is 0. The molecule has 1 atom stereocenters. The summed E-state index contributed by atoms with van der Waals surface area (Å²) in [6.45, 7) is 7.32. The van der Waals surface area contributed by atoms with Crippen molar-refractivity contribution in [2.45, 2.75) is 46.6 Å². The zero-order valence-corrected chi connectivity index (χ0v) is 15.4. The maximum Gasteiger partial charge on any atom is 0.319 e. The molecule has 0 N–H and O–H groups in total. The zero-order chi connectivity index (χ0) is 18.4. The third-order valence-corrected chi connectivity index (χ3v) is 4.36. The third-order valence-electron chi connectivity index (χ3n) is 4.36. The molecule has 0 aromatic heterocycles. The second-order valence-electron chi connectivity index (χ2n) is 6.97. The maximum absolute atomic E-state index is 13.1. The molecule has 3 nitrogen and oxygen atoms in total. The Balaban J connectivity index is 2.26. The Morgan fingerprint density at radius 1 is 1.00 bits per heavy atom. The first-order valence-electron chi connectivity index (χ1n) is 8.69. The van der Waals surface area contributed by atoms with Gasteiger partial charge in [0.25, 0.3) is 0 Å². The van der Waals surface area contributed by atoms with Gasteiger partial charge in [0.05, 0.1) is 6.10 Å². The quantitative estimate of drug-likeness (QED) is 0.415. The number of aryl methyl sites for hydroxylation is 2. The lowest BCUT2D eigenvalue weighted by Gasteiger charge is -2.27. The minimum atomic E-state index is -1.20. The minimum absolute atomic E-state index is 0.189. The van der Waals surface area contributed by atoms with Crippen molar-refractivity contribution < 1.29 is 14.3 Å². The number of carbonyl (C=O) groups excluding carboxylic acids is 2. The minimum Gasteiger partial charge on any atom is -0.462 e. The van der Waals surface area contributed by atoms with E-state index in [1.165, 1.54) is 5.56 Å². The highest BCUT2D eigenvalue weighted by atomic mass is 16.5. The zero-order valence-electron chi connectivity index (χ0n) is 15.4. The van der Waals surface area contributed by atoms with Gasteiger partial charge in [0, 0.05) is 5.56 Å². The molecule has 0 spiro atoms. The molecule has 132 valence electrons. The van der Waals surface area contributed by atoms with Crippen molar-refractivity contribution in [3.8, 4) is 0 Å². The Labute approximate surface area is 150 Å². The van der Waals surface area contributed by atoms with E-state index < -0.39 is 11.4 Å². The molecule has 0 amide bonds. The van der Waals surface area contributed by atoms with Crippen LogP contribution in [0.3, 0.4) is 0 Å². The van der Waals surface area contributed by atoms with E-state index in [-0.39, 0.29) is 11.9 Å². The molecule has 2 rings (SSSR count). The Morgan fingerprint density at radius 3 is 2.16 bits per heavy atom. The molecule has 0 aliphatic rings. The Bertz CT molecular complexity index is 717. The fourth-order valence-corrected chi connectivity index (χ4v) is 2.71. The molecule has 3 heteroatoms. The second kappa shape index (κ2) is 8.11. The van der Waals surface area contributed by atoms with Crippen LogP contribution in [0, 0.1) is 12.3 Å². The van der Waals surface area contributed by atoms with Gasteiger partial charge in [-0.05, 0) is 46.1 Å². The molecule has 0 saturated carbocycles. The number of ketones is 1. The smallest absolute Gasteiger partial charge is 0.319 e. The van der Waals surface area contributed by atoms with Crippen LogP contribution in [0.1, 0.15) is 48.7 Å². The van der Waals surface area contributed by atoms with Crippen LogP contribution in [0.4, 0.5) is 0 Å². The van der Waals surface area contributed by atoms with E-state index in [9.17, 15) is 9.59 Å². The fraction of sp³-hybridized carbons (Fsp3) is 0.364. The van der Waals surface area contributed by atoms with Gasteiger partial charge in [0.1, 0.15) is 5.41 Å². The van der Waals surface area contributed by atoms with Crippen molar-refractivity contribution in [2.24, 2.45) is 5.41 Å². The van der Waals surface area contributed by atoms with Crippen LogP contribution < -0.4 is 0 Å². The van der Waals surface area contributed by atoms with Crippen LogP contribution in [-0.2, 0) is 16.0 Å². The number of benzene rings is 2. The van der Waals surface area contributed by atoms with E-state index in [0.29, 0.717) is 18.4 Å². The fourth-order valence-electron chi connectivity index (χ4n) is 2.71.